The number of hydrogen-bond acceptors (Lipinski definition) is 3. The topological polar surface area (TPSA) is 66.6 Å². The molecule has 1 amide bonds. The summed E-state index contributed by atoms with van der Waals surface area (Å²) in [5.74, 6) is 0.134. The van der Waals surface area contributed by atoms with Gasteiger partial charge in [0, 0.05) is 24.7 Å². The van der Waals surface area contributed by atoms with Crippen LogP contribution in [0.25, 0.3) is 0 Å². The predicted molar refractivity (Wildman–Crippen MR) is 80.2 cm³/mol. The summed E-state index contributed by atoms with van der Waals surface area (Å²) in [6, 6.07) is 8.00. The van der Waals surface area contributed by atoms with E-state index in [-0.39, 0.29) is 12.5 Å². The van der Waals surface area contributed by atoms with Crippen molar-refractivity contribution in [1.29, 1.82) is 0 Å². The molecule has 2 rings (SSSR count). The zero-order valence-electron chi connectivity index (χ0n) is 11.9. The van der Waals surface area contributed by atoms with Crippen molar-refractivity contribution in [2.75, 3.05) is 18.9 Å². The minimum atomic E-state index is 0.0374. The van der Waals surface area contributed by atoms with Crippen molar-refractivity contribution in [3.63, 3.8) is 0 Å². The molecule has 4 nitrogen and oxygen atoms in total. The molecule has 1 aliphatic carbocycles. The minimum absolute atomic E-state index is 0.0374. The average molecular weight is 276 g/mol. The van der Waals surface area contributed by atoms with Gasteiger partial charge in [-0.25, -0.2) is 0 Å². The number of anilines is 1. The molecule has 0 saturated heterocycles. The van der Waals surface area contributed by atoms with Crippen molar-refractivity contribution in [3.8, 4) is 0 Å². The second-order valence-electron chi connectivity index (χ2n) is 5.45. The smallest absolute Gasteiger partial charge is 0.223 e. The predicted octanol–water partition coefficient (Wildman–Crippen LogP) is 1.96. The lowest BCUT2D eigenvalue weighted by Gasteiger charge is -2.28. The van der Waals surface area contributed by atoms with E-state index < -0.39 is 0 Å². The molecule has 1 saturated carbocycles. The van der Waals surface area contributed by atoms with Crippen molar-refractivity contribution in [1.82, 2.24) is 4.90 Å². The fourth-order valence-electron chi connectivity index (χ4n) is 2.98. The molecule has 1 aromatic carbocycles. The molecule has 0 spiro atoms. The van der Waals surface area contributed by atoms with Gasteiger partial charge in [0.25, 0.3) is 0 Å². The number of benzene rings is 1. The Hall–Kier alpha value is -1.55. The Balaban J connectivity index is 1.93. The molecule has 1 fully saturated rings. The van der Waals surface area contributed by atoms with Crippen molar-refractivity contribution in [2.45, 2.75) is 44.6 Å². The van der Waals surface area contributed by atoms with Crippen LogP contribution in [-0.4, -0.2) is 35.1 Å². The molecule has 110 valence electrons. The minimum Gasteiger partial charge on any atom is -0.399 e. The van der Waals surface area contributed by atoms with Crippen molar-refractivity contribution < 1.29 is 9.90 Å². The first kappa shape index (κ1) is 14.9. The highest BCUT2D eigenvalue weighted by atomic mass is 16.3. The Kier molecular flexibility index (Phi) is 5.41. The number of amides is 1. The van der Waals surface area contributed by atoms with E-state index in [1.54, 1.807) is 0 Å². The van der Waals surface area contributed by atoms with Gasteiger partial charge in [-0.05, 0) is 30.9 Å². The average Bonchev–Trinajstić information content (AvgIpc) is 2.97. The Labute approximate surface area is 120 Å². The number of nitrogen functional groups attached to an aromatic ring is 1. The number of rotatable bonds is 6. The Bertz CT molecular complexity index is 442. The van der Waals surface area contributed by atoms with E-state index >= 15 is 0 Å². The van der Waals surface area contributed by atoms with Crippen LogP contribution in [0.5, 0.6) is 0 Å². The number of para-hydroxylation sites is 1. The number of aliphatic hydroxyl groups excluding tert-OH is 1. The summed E-state index contributed by atoms with van der Waals surface area (Å²) >= 11 is 0. The van der Waals surface area contributed by atoms with Crippen LogP contribution in [0.4, 0.5) is 5.69 Å². The molecule has 1 aliphatic rings. The Morgan fingerprint density at radius 2 is 2.00 bits per heavy atom. The highest BCUT2D eigenvalue weighted by molar-refractivity contribution is 5.77. The number of hydrogen-bond donors (Lipinski definition) is 2. The van der Waals surface area contributed by atoms with Gasteiger partial charge in [0.15, 0.2) is 0 Å². The molecule has 0 aliphatic heterocycles. The van der Waals surface area contributed by atoms with E-state index in [9.17, 15) is 4.79 Å². The lowest BCUT2D eigenvalue weighted by Crippen LogP contribution is -2.40. The fourth-order valence-corrected chi connectivity index (χ4v) is 2.98. The van der Waals surface area contributed by atoms with Gasteiger partial charge in [-0.2, -0.15) is 0 Å². The molecule has 4 heteroatoms. The van der Waals surface area contributed by atoms with Gasteiger partial charge in [0.05, 0.1) is 6.61 Å². The lowest BCUT2D eigenvalue weighted by atomic mass is 10.1. The Morgan fingerprint density at radius 1 is 1.30 bits per heavy atom. The maximum atomic E-state index is 12.4. The molecule has 0 radical (unpaired) electrons. The molecule has 0 unspecified atom stereocenters. The molecular weight excluding hydrogens is 252 g/mol. The van der Waals surface area contributed by atoms with Crippen LogP contribution in [0.3, 0.4) is 0 Å². The first-order valence-corrected chi connectivity index (χ1v) is 7.46. The SMILES string of the molecule is Nc1ccccc1CCC(=O)N(CCO)C1CCCC1. The van der Waals surface area contributed by atoms with Crippen LogP contribution in [0.15, 0.2) is 24.3 Å². The molecular formula is C16H24N2O2. The number of nitrogens with two attached hydrogens (primary N) is 1. The largest absolute Gasteiger partial charge is 0.399 e. The zero-order chi connectivity index (χ0) is 14.4. The van der Waals surface area contributed by atoms with E-state index in [1.807, 2.05) is 29.2 Å². The monoisotopic (exact) mass is 276 g/mol. The maximum Gasteiger partial charge on any atom is 0.223 e. The third kappa shape index (κ3) is 3.73. The van der Waals surface area contributed by atoms with Gasteiger partial charge >= 0.3 is 0 Å². The summed E-state index contributed by atoms with van der Waals surface area (Å²) in [7, 11) is 0. The molecule has 20 heavy (non-hydrogen) atoms. The van der Waals surface area contributed by atoms with Gasteiger partial charge in [-0.1, -0.05) is 31.0 Å². The summed E-state index contributed by atoms with van der Waals surface area (Å²) < 4.78 is 0. The van der Waals surface area contributed by atoms with E-state index in [2.05, 4.69) is 0 Å². The second kappa shape index (κ2) is 7.29. The van der Waals surface area contributed by atoms with E-state index in [1.165, 1.54) is 12.8 Å². The third-order valence-corrected chi connectivity index (χ3v) is 4.09. The van der Waals surface area contributed by atoms with Gasteiger partial charge in [-0.3, -0.25) is 4.79 Å². The van der Waals surface area contributed by atoms with Crippen LogP contribution in [0.1, 0.15) is 37.7 Å². The summed E-state index contributed by atoms with van der Waals surface area (Å²) in [4.78, 5) is 14.2. The van der Waals surface area contributed by atoms with Gasteiger partial charge in [0.1, 0.15) is 0 Å². The molecule has 1 aromatic rings. The van der Waals surface area contributed by atoms with E-state index in [4.69, 9.17) is 10.8 Å². The van der Waals surface area contributed by atoms with E-state index in [0.29, 0.717) is 25.4 Å². The summed E-state index contributed by atoms with van der Waals surface area (Å²) in [5, 5.41) is 9.16. The third-order valence-electron chi connectivity index (χ3n) is 4.09. The quantitative estimate of drug-likeness (QED) is 0.781. The van der Waals surface area contributed by atoms with Crippen LogP contribution < -0.4 is 5.73 Å². The number of aryl methyl sites for hydroxylation is 1. The van der Waals surface area contributed by atoms with Gasteiger partial charge in [0.2, 0.25) is 5.91 Å². The fraction of sp³-hybridized carbons (Fsp3) is 0.562. The lowest BCUT2D eigenvalue weighted by molar-refractivity contribution is -0.134. The number of nitrogens with zero attached hydrogens (tertiary/aromatic N) is 1. The highest BCUT2D eigenvalue weighted by Gasteiger charge is 2.25. The van der Waals surface area contributed by atoms with Crippen LogP contribution in [-0.2, 0) is 11.2 Å². The van der Waals surface area contributed by atoms with Crippen LogP contribution in [0.2, 0.25) is 0 Å². The molecule has 0 aromatic heterocycles. The molecule has 0 heterocycles. The van der Waals surface area contributed by atoms with Gasteiger partial charge in [-0.15, -0.1) is 0 Å². The van der Waals surface area contributed by atoms with Crippen molar-refractivity contribution in [3.05, 3.63) is 29.8 Å². The van der Waals surface area contributed by atoms with Crippen molar-refractivity contribution >= 4 is 11.6 Å². The normalized spacial score (nSPS) is 15.4. The molecule has 0 atom stereocenters. The summed E-state index contributed by atoms with van der Waals surface area (Å²) in [5.41, 5.74) is 7.67. The Morgan fingerprint density at radius 3 is 2.65 bits per heavy atom. The number of carbonyl (C=O) groups is 1. The summed E-state index contributed by atoms with van der Waals surface area (Å²) in [6.45, 7) is 0.490. The highest BCUT2D eigenvalue weighted by Crippen LogP contribution is 2.24. The van der Waals surface area contributed by atoms with Gasteiger partial charge < -0.3 is 15.7 Å². The van der Waals surface area contributed by atoms with E-state index in [0.717, 1.165) is 24.1 Å². The first-order valence-electron chi connectivity index (χ1n) is 7.46. The second-order valence-corrected chi connectivity index (χ2v) is 5.45. The zero-order valence-corrected chi connectivity index (χ0v) is 11.9. The first-order chi connectivity index (χ1) is 9.72. The van der Waals surface area contributed by atoms with Crippen LogP contribution >= 0.6 is 0 Å². The summed E-state index contributed by atoms with van der Waals surface area (Å²) in [6.07, 6.45) is 5.64. The van der Waals surface area contributed by atoms with Crippen LogP contribution in [0, 0.1) is 0 Å². The molecule has 3 N–H and O–H groups in total. The molecule has 0 bridgehead atoms. The van der Waals surface area contributed by atoms with Crippen molar-refractivity contribution in [2.24, 2.45) is 0 Å². The number of aliphatic hydroxyl groups is 1. The standard InChI is InChI=1S/C16H24N2O2/c17-15-8-4-1-5-13(15)9-10-16(20)18(11-12-19)14-6-2-3-7-14/h1,4-5,8,14,19H,2-3,6-7,9-12,17H2. The maximum absolute atomic E-state index is 12.4. The number of carbonyl (C=O) groups excluding carboxylic acids is 1.